The molecule has 12 rings (SSSR count). The molecule has 400 valence electrons. The Bertz CT molecular complexity index is 2950. The van der Waals surface area contributed by atoms with Gasteiger partial charge in [0.1, 0.15) is 5.60 Å². The van der Waals surface area contributed by atoms with Gasteiger partial charge < -0.3 is 9.84 Å². The summed E-state index contributed by atoms with van der Waals surface area (Å²) in [7, 11) is 0. The van der Waals surface area contributed by atoms with Gasteiger partial charge in [-0.2, -0.15) is 0 Å². The highest BCUT2D eigenvalue weighted by Gasteiger charge is 2.71. The van der Waals surface area contributed by atoms with E-state index in [9.17, 15) is 29.1 Å². The Morgan fingerprint density at radius 2 is 1.13 bits per heavy atom. The number of benzene rings is 2. The number of thioether (sulfide) groups is 2. The van der Waals surface area contributed by atoms with Gasteiger partial charge in [-0.05, 0) is 178 Å². The van der Waals surface area contributed by atoms with E-state index < -0.39 is 16.6 Å². The number of hydrogen-bond donors (Lipinski definition) is 1. The molecule has 13 heteroatoms. The summed E-state index contributed by atoms with van der Waals surface area (Å²) in [6, 6.07) is 16.1. The van der Waals surface area contributed by atoms with Crippen LogP contribution in [-0.4, -0.2) is 66.9 Å². The van der Waals surface area contributed by atoms with Gasteiger partial charge in [0, 0.05) is 30.1 Å². The summed E-state index contributed by atoms with van der Waals surface area (Å²) in [6.45, 7) is 15.9. The topological polar surface area (TPSA) is 141 Å². The number of carbonyl (C=O) groups excluding carboxylic acids is 5. The summed E-state index contributed by atoms with van der Waals surface area (Å²) in [5.74, 6) is 4.36. The fourth-order valence-corrected chi connectivity index (χ4v) is 22.5. The number of para-hydroxylation sites is 2. The molecule has 2 aromatic carbocycles. The summed E-state index contributed by atoms with van der Waals surface area (Å²) >= 11 is 6.19. The third-order valence-corrected chi connectivity index (χ3v) is 25.9. The van der Waals surface area contributed by atoms with Crippen LogP contribution in [0.3, 0.4) is 0 Å². The zero-order chi connectivity index (χ0) is 52.9. The lowest BCUT2D eigenvalue weighted by molar-refractivity contribution is -0.193. The van der Waals surface area contributed by atoms with Crippen molar-refractivity contribution in [1.82, 2.24) is 9.97 Å². The van der Waals surface area contributed by atoms with Crippen LogP contribution >= 0.6 is 46.2 Å². The first-order valence-corrected chi connectivity index (χ1v) is 31.8. The maximum Gasteiger partial charge on any atom is 0.306 e. The predicted octanol–water partition coefficient (Wildman–Crippen LogP) is 14.3. The van der Waals surface area contributed by atoms with Crippen LogP contribution in [0, 0.1) is 69.0 Å². The molecular formula is C62H76N2O7S4. The Balaban J connectivity index is 0.000000162. The fraction of sp³-hybridized carbons (Fsp3) is 0.629. The number of fused-ring (bicyclic) bond motifs is 12. The SMILES string of the molecule is CCCC(=O)O[C@]1(C(=O)CSc2nc3ccccc3s2)CCC2C3CCC4=CC(=O)CCC4(C)C3[C@@H](C)CC21C.C[C@H]1CC2(C)C(CC[C@]2(O)C(=O)CSc2nc3ccccc3s2)C2CCC3=CC(=O)CCC3(C)C21. The molecule has 0 bridgehead atoms. The van der Waals surface area contributed by atoms with Crippen molar-refractivity contribution in [3.63, 3.8) is 0 Å². The second-order valence-electron chi connectivity index (χ2n) is 25.3. The molecule has 4 aromatic rings. The highest BCUT2D eigenvalue weighted by Crippen LogP contribution is 2.71. The Morgan fingerprint density at radius 3 is 1.65 bits per heavy atom. The average molecular weight is 1090 g/mol. The maximum atomic E-state index is 14.4. The molecule has 2 aromatic heterocycles. The monoisotopic (exact) mass is 1090 g/mol. The van der Waals surface area contributed by atoms with Gasteiger partial charge in [-0.1, -0.05) is 107 Å². The van der Waals surface area contributed by atoms with E-state index in [1.807, 2.05) is 55.5 Å². The highest BCUT2D eigenvalue weighted by atomic mass is 32.2. The minimum absolute atomic E-state index is 0.0247. The maximum absolute atomic E-state index is 14.4. The quantitative estimate of drug-likeness (QED) is 0.113. The number of thiazole rings is 2. The van der Waals surface area contributed by atoms with E-state index in [1.165, 1.54) is 34.7 Å². The van der Waals surface area contributed by atoms with Crippen molar-refractivity contribution in [2.75, 3.05) is 11.5 Å². The first-order valence-electron chi connectivity index (χ1n) is 28.2. The van der Waals surface area contributed by atoms with E-state index >= 15 is 0 Å². The summed E-state index contributed by atoms with van der Waals surface area (Å²) in [5, 5.41) is 12.0. The van der Waals surface area contributed by atoms with E-state index in [-0.39, 0.29) is 56.9 Å². The number of carbonyl (C=O) groups is 5. The second-order valence-corrected chi connectivity index (χ2v) is 29.8. The van der Waals surface area contributed by atoms with Crippen molar-refractivity contribution in [3.8, 4) is 0 Å². The molecule has 0 radical (unpaired) electrons. The fourth-order valence-electron chi connectivity index (χ4n) is 18.4. The molecule has 9 nitrogen and oxygen atoms in total. The van der Waals surface area contributed by atoms with Gasteiger partial charge >= 0.3 is 5.97 Å². The third kappa shape index (κ3) is 8.75. The largest absolute Gasteiger partial charge is 0.450 e. The highest BCUT2D eigenvalue weighted by molar-refractivity contribution is 8.02. The number of aliphatic hydroxyl groups is 1. The number of aromatic nitrogens is 2. The molecule has 75 heavy (non-hydrogen) atoms. The molecule has 0 aliphatic heterocycles. The van der Waals surface area contributed by atoms with Crippen LogP contribution in [0.25, 0.3) is 20.4 Å². The summed E-state index contributed by atoms with van der Waals surface area (Å²) in [6.07, 6.45) is 17.0. The van der Waals surface area contributed by atoms with Gasteiger partial charge in [-0.25, -0.2) is 9.97 Å². The molecule has 2 heterocycles. The Labute approximate surface area is 460 Å². The molecule has 0 saturated heterocycles. The molecule has 0 spiro atoms. The number of allylic oxidation sites excluding steroid dienone is 2. The molecular weight excluding hydrogens is 1010 g/mol. The van der Waals surface area contributed by atoms with Crippen molar-refractivity contribution < 1.29 is 33.8 Å². The van der Waals surface area contributed by atoms with E-state index in [0.717, 1.165) is 93.3 Å². The number of ketones is 4. The van der Waals surface area contributed by atoms with Crippen molar-refractivity contribution in [3.05, 3.63) is 71.8 Å². The molecule has 0 amide bonds. The Hall–Kier alpha value is -3.49. The van der Waals surface area contributed by atoms with Crippen LogP contribution < -0.4 is 0 Å². The molecule has 6 saturated carbocycles. The number of rotatable bonds is 11. The molecule has 14 atom stereocenters. The smallest absolute Gasteiger partial charge is 0.306 e. The summed E-state index contributed by atoms with van der Waals surface area (Å²) < 4.78 is 10.4. The molecule has 10 unspecified atom stereocenters. The minimum Gasteiger partial charge on any atom is -0.450 e. The first kappa shape index (κ1) is 53.5. The van der Waals surface area contributed by atoms with Crippen LogP contribution in [-0.2, 0) is 28.7 Å². The third-order valence-electron chi connectivity index (χ3n) is 21.5. The number of Topliss-reactive ketones (excluding diaryl/α,β-unsaturated/α-hetero) is 2. The van der Waals surface area contributed by atoms with Crippen LogP contribution in [0.5, 0.6) is 0 Å². The average Bonchev–Trinajstić information content (AvgIpc) is 4.14. The van der Waals surface area contributed by atoms with Crippen LogP contribution in [0.15, 0.2) is 80.5 Å². The zero-order valence-electron chi connectivity index (χ0n) is 45.0. The number of esters is 1. The zero-order valence-corrected chi connectivity index (χ0v) is 48.3. The van der Waals surface area contributed by atoms with Gasteiger partial charge in [0.15, 0.2) is 37.4 Å². The van der Waals surface area contributed by atoms with Gasteiger partial charge in [0.05, 0.1) is 31.9 Å². The predicted molar refractivity (Wildman–Crippen MR) is 302 cm³/mol. The van der Waals surface area contributed by atoms with Crippen molar-refractivity contribution in [2.45, 2.75) is 171 Å². The van der Waals surface area contributed by atoms with Gasteiger partial charge in [0.2, 0.25) is 0 Å². The number of nitrogens with zero attached hydrogens (tertiary/aromatic N) is 2. The number of ether oxygens (including phenoxy) is 1. The van der Waals surface area contributed by atoms with Gasteiger partial charge in [0.25, 0.3) is 0 Å². The minimum atomic E-state index is -1.26. The van der Waals surface area contributed by atoms with E-state index in [0.29, 0.717) is 85.9 Å². The van der Waals surface area contributed by atoms with E-state index in [4.69, 9.17) is 9.72 Å². The second kappa shape index (κ2) is 20.0. The normalized spacial score (nSPS) is 38.7. The van der Waals surface area contributed by atoms with E-state index in [2.05, 4.69) is 58.7 Å². The van der Waals surface area contributed by atoms with Crippen LogP contribution in [0.2, 0.25) is 0 Å². The Kier molecular flexibility index (Phi) is 14.3. The van der Waals surface area contributed by atoms with Crippen molar-refractivity contribution in [2.24, 2.45) is 69.0 Å². The van der Waals surface area contributed by atoms with Crippen molar-refractivity contribution >= 4 is 95.7 Å². The number of hydrogen-bond acceptors (Lipinski definition) is 13. The van der Waals surface area contributed by atoms with E-state index in [1.54, 1.807) is 22.7 Å². The van der Waals surface area contributed by atoms with Crippen LogP contribution in [0.4, 0.5) is 0 Å². The van der Waals surface area contributed by atoms with Crippen molar-refractivity contribution in [1.29, 1.82) is 0 Å². The molecule has 8 aliphatic carbocycles. The Morgan fingerprint density at radius 1 is 0.653 bits per heavy atom. The lowest BCUT2D eigenvalue weighted by Gasteiger charge is -2.61. The molecule has 1 N–H and O–H groups in total. The lowest BCUT2D eigenvalue weighted by atomic mass is 9.43. The van der Waals surface area contributed by atoms with Gasteiger partial charge in [-0.15, -0.1) is 22.7 Å². The summed E-state index contributed by atoms with van der Waals surface area (Å²) in [4.78, 5) is 75.0. The standard InChI is InChI=1S/C33H41NO4S2.C29H35NO3S2/c1-5-8-28(37)38-33(27(36)19-39-30-34-25-9-6-7-10-26(25)40-30)16-14-24-23-12-11-21-17-22(35)13-15-31(21,3)29(23)20(2)18-32(24,33)4;1-17-15-28(3)21(20-9-8-18-14-19(31)10-12-27(18,2)25(17)20)11-13-29(28,33)24(32)16-34-26-30-22-6-4-5-7-23(22)35-26/h6-7,9-10,17,20,23-24,29H,5,8,11-16,18-19H2,1-4H3;4-7,14,17,20-21,25,33H,8-13,15-16H2,1-3H3/t20-,23?,24?,29?,31?,32?,33-;17-,20?,21?,25?,27?,28?,29-/m00/s1. The van der Waals surface area contributed by atoms with Gasteiger partial charge in [-0.3, -0.25) is 24.0 Å². The van der Waals surface area contributed by atoms with Crippen LogP contribution in [0.1, 0.15) is 151 Å². The molecule has 8 aliphatic rings. The first-order chi connectivity index (χ1) is 35.8. The molecule has 6 fully saturated rings. The summed E-state index contributed by atoms with van der Waals surface area (Å²) in [5.41, 5.74) is 1.63. The lowest BCUT2D eigenvalue weighted by Crippen LogP contribution is -2.61.